The summed E-state index contributed by atoms with van der Waals surface area (Å²) in [7, 11) is 0. The number of fused-ring (bicyclic) bond motifs is 3. The molecule has 1 aromatic heterocycles. The van der Waals surface area contributed by atoms with Crippen LogP contribution in [0.15, 0.2) is 50.7 Å². The molecule has 0 atom stereocenters. The fraction of sp³-hybridized carbons (Fsp3) is 0.273. The van der Waals surface area contributed by atoms with E-state index in [1.54, 1.807) is 6.92 Å². The van der Waals surface area contributed by atoms with Crippen LogP contribution >= 0.6 is 0 Å². The van der Waals surface area contributed by atoms with Gasteiger partial charge in [0.25, 0.3) is 0 Å². The van der Waals surface area contributed by atoms with Crippen molar-refractivity contribution in [2.75, 3.05) is 5.43 Å². The lowest BCUT2D eigenvalue weighted by Crippen LogP contribution is -2.16. The molecule has 0 unspecified atom stereocenters. The molecule has 0 saturated heterocycles. The number of nitrogens with one attached hydrogen (secondary N) is 1. The van der Waals surface area contributed by atoms with Crippen LogP contribution in [0.5, 0.6) is 5.75 Å². The molecule has 1 aliphatic rings. The minimum absolute atomic E-state index is 0.0949. The van der Waals surface area contributed by atoms with Crippen molar-refractivity contribution < 1.29 is 9.52 Å². The van der Waals surface area contributed by atoms with Gasteiger partial charge in [-0.25, -0.2) is 4.79 Å². The molecule has 138 valence electrons. The number of hydrazone groups is 1. The maximum atomic E-state index is 12.3. The second-order valence-corrected chi connectivity index (χ2v) is 7.00. The van der Waals surface area contributed by atoms with Crippen LogP contribution in [0.1, 0.15) is 42.0 Å². The van der Waals surface area contributed by atoms with Crippen molar-refractivity contribution in [3.8, 4) is 5.75 Å². The molecular formula is C22H22N2O3. The van der Waals surface area contributed by atoms with Crippen LogP contribution in [0.3, 0.4) is 0 Å². The SMILES string of the molecule is CC(=NNc1ccccc1)c1cc2c3c(c(=O)oc2c(C)c1O)CCCC3. The van der Waals surface area contributed by atoms with Gasteiger partial charge in [-0.05, 0) is 63.3 Å². The summed E-state index contributed by atoms with van der Waals surface area (Å²) >= 11 is 0. The quantitative estimate of drug-likeness (QED) is 0.408. The lowest BCUT2D eigenvalue weighted by atomic mass is 9.89. The van der Waals surface area contributed by atoms with Crippen LogP contribution in [-0.2, 0) is 12.8 Å². The van der Waals surface area contributed by atoms with Crippen molar-refractivity contribution in [2.24, 2.45) is 5.10 Å². The van der Waals surface area contributed by atoms with E-state index in [1.165, 1.54) is 0 Å². The molecule has 0 fully saturated rings. The number of anilines is 1. The third-order valence-corrected chi connectivity index (χ3v) is 5.23. The maximum Gasteiger partial charge on any atom is 0.339 e. The van der Waals surface area contributed by atoms with Gasteiger partial charge in [0.15, 0.2) is 0 Å². The number of para-hydroxylation sites is 1. The molecule has 0 spiro atoms. The molecule has 3 aromatic rings. The number of hydrogen-bond acceptors (Lipinski definition) is 5. The smallest absolute Gasteiger partial charge is 0.339 e. The van der Waals surface area contributed by atoms with Crippen LogP contribution < -0.4 is 11.1 Å². The summed E-state index contributed by atoms with van der Waals surface area (Å²) in [6.45, 7) is 3.62. The number of aromatic hydroxyl groups is 1. The van der Waals surface area contributed by atoms with Crippen molar-refractivity contribution in [3.05, 3.63) is 69.1 Å². The van der Waals surface area contributed by atoms with Gasteiger partial charge in [0, 0.05) is 22.1 Å². The van der Waals surface area contributed by atoms with E-state index in [0.29, 0.717) is 22.4 Å². The zero-order valence-electron chi connectivity index (χ0n) is 15.5. The molecule has 1 aliphatic carbocycles. The Morgan fingerprint density at radius 3 is 2.59 bits per heavy atom. The number of aryl methyl sites for hydroxylation is 2. The first-order valence-corrected chi connectivity index (χ1v) is 9.23. The van der Waals surface area contributed by atoms with Crippen LogP contribution in [-0.4, -0.2) is 10.8 Å². The second-order valence-electron chi connectivity index (χ2n) is 7.00. The molecule has 5 nitrogen and oxygen atoms in total. The topological polar surface area (TPSA) is 74.8 Å². The van der Waals surface area contributed by atoms with Gasteiger partial charge in [-0.2, -0.15) is 5.10 Å². The van der Waals surface area contributed by atoms with Crippen molar-refractivity contribution in [1.29, 1.82) is 0 Å². The number of phenolic OH excluding ortho intramolecular Hbond substituents is 1. The molecule has 0 radical (unpaired) electrons. The molecule has 0 saturated carbocycles. The van der Waals surface area contributed by atoms with Crippen LogP contribution in [0, 0.1) is 6.92 Å². The Bertz CT molecular complexity index is 1100. The van der Waals surface area contributed by atoms with E-state index in [9.17, 15) is 9.90 Å². The zero-order valence-corrected chi connectivity index (χ0v) is 15.5. The molecule has 27 heavy (non-hydrogen) atoms. The standard InChI is InChI=1S/C22H22N2O3/c1-13-20(25)18(14(2)23-24-15-8-4-3-5-9-15)12-19-16-10-6-7-11-17(16)22(26)27-21(13)19/h3-5,8-9,12,24-25H,6-7,10-11H2,1-2H3. The fourth-order valence-corrected chi connectivity index (χ4v) is 3.72. The zero-order chi connectivity index (χ0) is 19.0. The number of nitrogens with zero attached hydrogens (tertiary/aromatic N) is 1. The van der Waals surface area contributed by atoms with Gasteiger partial charge in [-0.15, -0.1) is 0 Å². The number of rotatable bonds is 3. The monoisotopic (exact) mass is 362 g/mol. The Hall–Kier alpha value is -3.08. The molecule has 0 amide bonds. The van der Waals surface area contributed by atoms with Gasteiger partial charge < -0.3 is 9.52 Å². The highest BCUT2D eigenvalue weighted by Gasteiger charge is 2.22. The van der Waals surface area contributed by atoms with Gasteiger partial charge >= 0.3 is 5.63 Å². The van der Waals surface area contributed by atoms with Crippen molar-refractivity contribution in [3.63, 3.8) is 0 Å². The van der Waals surface area contributed by atoms with Crippen LogP contribution in [0.4, 0.5) is 5.69 Å². The first-order chi connectivity index (χ1) is 13.1. The van der Waals surface area contributed by atoms with Crippen molar-refractivity contribution in [1.82, 2.24) is 0 Å². The van der Waals surface area contributed by atoms with E-state index in [-0.39, 0.29) is 11.4 Å². The lowest BCUT2D eigenvalue weighted by molar-refractivity contribution is 0.466. The summed E-state index contributed by atoms with van der Waals surface area (Å²) in [6, 6.07) is 11.5. The summed E-state index contributed by atoms with van der Waals surface area (Å²) in [5.74, 6) is 0.0949. The minimum Gasteiger partial charge on any atom is -0.507 e. The van der Waals surface area contributed by atoms with Gasteiger partial charge in [0.1, 0.15) is 11.3 Å². The van der Waals surface area contributed by atoms with Gasteiger partial charge in [-0.1, -0.05) is 18.2 Å². The largest absolute Gasteiger partial charge is 0.507 e. The molecule has 0 bridgehead atoms. The minimum atomic E-state index is -0.274. The van der Waals surface area contributed by atoms with E-state index in [2.05, 4.69) is 10.5 Å². The average Bonchev–Trinajstić information content (AvgIpc) is 2.70. The van der Waals surface area contributed by atoms with E-state index in [1.807, 2.05) is 43.3 Å². The highest BCUT2D eigenvalue weighted by atomic mass is 16.4. The van der Waals surface area contributed by atoms with E-state index in [0.717, 1.165) is 47.9 Å². The summed E-state index contributed by atoms with van der Waals surface area (Å²) in [5.41, 5.74) is 7.80. The first kappa shape index (κ1) is 17.3. The van der Waals surface area contributed by atoms with E-state index >= 15 is 0 Å². The Balaban J connectivity index is 1.85. The average molecular weight is 362 g/mol. The van der Waals surface area contributed by atoms with Crippen LogP contribution in [0.25, 0.3) is 11.0 Å². The predicted octanol–water partition coefficient (Wildman–Crippen LogP) is 4.52. The number of benzene rings is 2. The Morgan fingerprint density at radius 1 is 1.15 bits per heavy atom. The molecule has 2 aromatic carbocycles. The first-order valence-electron chi connectivity index (χ1n) is 9.23. The van der Waals surface area contributed by atoms with E-state index in [4.69, 9.17) is 4.42 Å². The third-order valence-electron chi connectivity index (χ3n) is 5.23. The molecular weight excluding hydrogens is 340 g/mol. The Labute approximate surface area is 157 Å². The van der Waals surface area contributed by atoms with Crippen molar-refractivity contribution >= 4 is 22.4 Å². The number of hydrogen-bond donors (Lipinski definition) is 2. The normalized spacial score (nSPS) is 14.2. The summed E-state index contributed by atoms with van der Waals surface area (Å²) in [5, 5.41) is 16.0. The molecule has 4 rings (SSSR count). The number of phenols is 1. The highest BCUT2D eigenvalue weighted by molar-refractivity contribution is 6.05. The molecule has 5 heteroatoms. The molecule has 0 aliphatic heterocycles. The maximum absolute atomic E-state index is 12.3. The fourth-order valence-electron chi connectivity index (χ4n) is 3.72. The summed E-state index contributed by atoms with van der Waals surface area (Å²) < 4.78 is 5.56. The molecule has 2 N–H and O–H groups in total. The van der Waals surface area contributed by atoms with E-state index < -0.39 is 0 Å². The Kier molecular flexibility index (Phi) is 4.44. The highest BCUT2D eigenvalue weighted by Crippen LogP contribution is 2.35. The summed E-state index contributed by atoms with van der Waals surface area (Å²) in [4.78, 5) is 12.3. The predicted molar refractivity (Wildman–Crippen MR) is 108 cm³/mol. The molecule has 1 heterocycles. The van der Waals surface area contributed by atoms with Gasteiger partial charge in [-0.3, -0.25) is 5.43 Å². The van der Waals surface area contributed by atoms with Crippen LogP contribution in [0.2, 0.25) is 0 Å². The lowest BCUT2D eigenvalue weighted by Gasteiger charge is -2.18. The summed E-state index contributed by atoms with van der Waals surface area (Å²) in [6.07, 6.45) is 3.68. The van der Waals surface area contributed by atoms with Crippen molar-refractivity contribution in [2.45, 2.75) is 39.5 Å². The van der Waals surface area contributed by atoms with Gasteiger partial charge in [0.05, 0.1) is 11.4 Å². The Morgan fingerprint density at radius 2 is 1.85 bits per heavy atom. The second kappa shape index (κ2) is 6.91. The third kappa shape index (κ3) is 3.10. The van der Waals surface area contributed by atoms with Gasteiger partial charge in [0.2, 0.25) is 0 Å².